The van der Waals surface area contributed by atoms with E-state index in [1.165, 1.54) is 0 Å². The third-order valence-electron chi connectivity index (χ3n) is 3.96. The van der Waals surface area contributed by atoms with Gasteiger partial charge in [0.25, 0.3) is 0 Å². The van der Waals surface area contributed by atoms with Gasteiger partial charge in [0, 0.05) is 12.1 Å². The van der Waals surface area contributed by atoms with Gasteiger partial charge in [0.2, 0.25) is 5.91 Å². The van der Waals surface area contributed by atoms with Crippen molar-refractivity contribution in [2.24, 2.45) is 11.0 Å². The molecular weight excluding hydrogens is 316 g/mol. The van der Waals surface area contributed by atoms with Crippen LogP contribution in [0.4, 0.5) is 0 Å². The van der Waals surface area contributed by atoms with E-state index in [1.54, 1.807) is 19.7 Å². The largest absolute Gasteiger partial charge is 0.496 e. The van der Waals surface area contributed by atoms with Gasteiger partial charge in [0.1, 0.15) is 5.75 Å². The molecule has 3 rings (SSSR count). The zero-order valence-electron chi connectivity index (χ0n) is 14.2. The summed E-state index contributed by atoms with van der Waals surface area (Å²) in [4.78, 5) is 16.6. The Morgan fingerprint density at radius 1 is 1.28 bits per heavy atom. The van der Waals surface area contributed by atoms with E-state index in [2.05, 4.69) is 15.5 Å². The molecule has 0 aliphatic rings. The molecule has 2 aromatic carbocycles. The highest BCUT2D eigenvalue weighted by molar-refractivity contribution is 5.85. The molecule has 0 bridgehead atoms. The van der Waals surface area contributed by atoms with Crippen LogP contribution in [0.15, 0.2) is 60.0 Å². The number of para-hydroxylation sites is 3. The minimum atomic E-state index is -0.243. The second kappa shape index (κ2) is 7.61. The van der Waals surface area contributed by atoms with E-state index in [1.807, 2.05) is 60.0 Å². The fraction of sp³-hybridized carbons (Fsp3) is 0.211. The SMILES string of the molecule is COc1ccccc1/C=N\NC(=O)[C@@H](C)Cn1cnc2ccccc21. The van der Waals surface area contributed by atoms with Gasteiger partial charge in [-0.15, -0.1) is 0 Å². The Balaban J connectivity index is 1.62. The molecule has 0 aliphatic carbocycles. The Bertz CT molecular complexity index is 901. The third-order valence-corrected chi connectivity index (χ3v) is 3.96. The molecule has 1 heterocycles. The number of amides is 1. The van der Waals surface area contributed by atoms with Gasteiger partial charge in [-0.25, -0.2) is 10.4 Å². The molecule has 0 unspecified atom stereocenters. The van der Waals surface area contributed by atoms with Gasteiger partial charge in [-0.3, -0.25) is 4.79 Å². The Labute approximate surface area is 146 Å². The van der Waals surface area contributed by atoms with Crippen LogP contribution in [0.2, 0.25) is 0 Å². The highest BCUT2D eigenvalue weighted by Crippen LogP contribution is 2.15. The molecular formula is C19H20N4O2. The first-order chi connectivity index (χ1) is 12.2. The molecule has 1 amide bonds. The average molecular weight is 336 g/mol. The number of hydrogen-bond acceptors (Lipinski definition) is 4. The molecule has 6 heteroatoms. The first-order valence-corrected chi connectivity index (χ1v) is 8.05. The lowest BCUT2D eigenvalue weighted by Gasteiger charge is -2.11. The molecule has 0 fully saturated rings. The summed E-state index contributed by atoms with van der Waals surface area (Å²) in [6.07, 6.45) is 3.34. The van der Waals surface area contributed by atoms with Crippen LogP contribution in [-0.4, -0.2) is 28.8 Å². The second-order valence-electron chi connectivity index (χ2n) is 5.76. The van der Waals surface area contributed by atoms with Crippen molar-refractivity contribution in [1.82, 2.24) is 15.0 Å². The van der Waals surface area contributed by atoms with Gasteiger partial charge in [-0.1, -0.05) is 31.2 Å². The van der Waals surface area contributed by atoms with Gasteiger partial charge >= 0.3 is 0 Å². The summed E-state index contributed by atoms with van der Waals surface area (Å²) < 4.78 is 7.22. The zero-order valence-corrected chi connectivity index (χ0v) is 14.2. The molecule has 6 nitrogen and oxygen atoms in total. The molecule has 128 valence electrons. The number of benzene rings is 2. The van der Waals surface area contributed by atoms with Crippen LogP contribution in [0.3, 0.4) is 0 Å². The van der Waals surface area contributed by atoms with E-state index in [0.29, 0.717) is 12.3 Å². The van der Waals surface area contributed by atoms with E-state index in [4.69, 9.17) is 4.74 Å². The number of hydrazone groups is 1. The predicted molar refractivity (Wildman–Crippen MR) is 97.6 cm³/mol. The van der Waals surface area contributed by atoms with Crippen molar-refractivity contribution in [3.63, 3.8) is 0 Å². The summed E-state index contributed by atoms with van der Waals surface area (Å²) in [6.45, 7) is 2.40. The fourth-order valence-corrected chi connectivity index (χ4v) is 2.58. The molecule has 0 aliphatic heterocycles. The van der Waals surface area contributed by atoms with Crippen LogP contribution in [0, 0.1) is 5.92 Å². The fourth-order valence-electron chi connectivity index (χ4n) is 2.58. The quantitative estimate of drug-likeness (QED) is 0.556. The Hall–Kier alpha value is -3.15. The minimum absolute atomic E-state index is 0.149. The number of nitrogens with zero attached hydrogens (tertiary/aromatic N) is 3. The monoisotopic (exact) mass is 336 g/mol. The first kappa shape index (κ1) is 16.7. The summed E-state index contributed by atoms with van der Waals surface area (Å²) in [5.74, 6) is 0.315. The normalized spacial score (nSPS) is 12.4. The van der Waals surface area contributed by atoms with Crippen LogP contribution < -0.4 is 10.2 Å². The van der Waals surface area contributed by atoms with E-state index in [9.17, 15) is 4.79 Å². The van der Waals surface area contributed by atoms with E-state index in [0.717, 1.165) is 16.6 Å². The predicted octanol–water partition coefficient (Wildman–Crippen LogP) is 2.83. The van der Waals surface area contributed by atoms with Crippen molar-refractivity contribution in [2.45, 2.75) is 13.5 Å². The average Bonchev–Trinajstić information content (AvgIpc) is 3.05. The number of carbonyl (C=O) groups is 1. The van der Waals surface area contributed by atoms with Crippen molar-refractivity contribution < 1.29 is 9.53 Å². The van der Waals surface area contributed by atoms with Gasteiger partial charge in [0.15, 0.2) is 0 Å². The number of aromatic nitrogens is 2. The van der Waals surface area contributed by atoms with Crippen LogP contribution in [0.5, 0.6) is 5.75 Å². The maximum absolute atomic E-state index is 12.3. The number of ether oxygens (including phenoxy) is 1. The van der Waals surface area contributed by atoms with Gasteiger partial charge in [-0.2, -0.15) is 5.10 Å². The molecule has 1 N–H and O–H groups in total. The topological polar surface area (TPSA) is 68.5 Å². The van der Waals surface area contributed by atoms with E-state index >= 15 is 0 Å². The highest BCUT2D eigenvalue weighted by Gasteiger charge is 2.14. The summed E-state index contributed by atoms with van der Waals surface area (Å²) in [5, 5.41) is 4.03. The molecule has 0 radical (unpaired) electrons. The number of nitrogens with one attached hydrogen (secondary N) is 1. The maximum Gasteiger partial charge on any atom is 0.244 e. The van der Waals surface area contributed by atoms with Crippen LogP contribution in [-0.2, 0) is 11.3 Å². The van der Waals surface area contributed by atoms with Crippen LogP contribution >= 0.6 is 0 Å². The molecule has 1 aromatic heterocycles. The zero-order chi connectivity index (χ0) is 17.6. The Morgan fingerprint density at radius 3 is 2.88 bits per heavy atom. The van der Waals surface area contributed by atoms with Crippen molar-refractivity contribution >= 4 is 23.2 Å². The summed E-state index contributed by atoms with van der Waals surface area (Å²) >= 11 is 0. The molecule has 1 atom stereocenters. The van der Waals surface area contributed by atoms with Gasteiger partial charge in [0.05, 0.1) is 36.6 Å². The number of imidazole rings is 1. The standard InChI is InChI=1S/C19H20N4O2/c1-14(12-23-13-20-16-8-4-5-9-17(16)23)19(24)22-21-11-15-7-3-6-10-18(15)25-2/h3-11,13-14H,12H2,1-2H3,(H,22,24)/b21-11-/t14-/m0/s1. The lowest BCUT2D eigenvalue weighted by Crippen LogP contribution is -2.28. The van der Waals surface area contributed by atoms with E-state index in [-0.39, 0.29) is 11.8 Å². The van der Waals surface area contributed by atoms with Crippen molar-refractivity contribution in [3.8, 4) is 5.75 Å². The van der Waals surface area contributed by atoms with Crippen molar-refractivity contribution in [2.75, 3.05) is 7.11 Å². The molecule has 0 spiro atoms. The highest BCUT2D eigenvalue weighted by atomic mass is 16.5. The van der Waals surface area contributed by atoms with E-state index < -0.39 is 0 Å². The van der Waals surface area contributed by atoms with Gasteiger partial charge in [-0.05, 0) is 24.3 Å². The van der Waals surface area contributed by atoms with Crippen molar-refractivity contribution in [3.05, 3.63) is 60.4 Å². The minimum Gasteiger partial charge on any atom is -0.496 e. The number of methoxy groups -OCH3 is 1. The van der Waals surface area contributed by atoms with Crippen molar-refractivity contribution in [1.29, 1.82) is 0 Å². The molecule has 0 saturated carbocycles. The molecule has 25 heavy (non-hydrogen) atoms. The number of hydrogen-bond donors (Lipinski definition) is 1. The molecule has 3 aromatic rings. The van der Waals surface area contributed by atoms with Crippen LogP contribution in [0.25, 0.3) is 11.0 Å². The number of fused-ring (bicyclic) bond motifs is 1. The Kier molecular flexibility index (Phi) is 5.09. The lowest BCUT2D eigenvalue weighted by atomic mass is 10.1. The lowest BCUT2D eigenvalue weighted by molar-refractivity contribution is -0.124. The summed E-state index contributed by atoms with van der Waals surface area (Å²) in [6, 6.07) is 15.3. The van der Waals surface area contributed by atoms with Crippen LogP contribution in [0.1, 0.15) is 12.5 Å². The second-order valence-corrected chi connectivity index (χ2v) is 5.76. The summed E-state index contributed by atoms with van der Waals surface area (Å²) in [7, 11) is 1.60. The third kappa shape index (κ3) is 3.85. The smallest absolute Gasteiger partial charge is 0.244 e. The number of rotatable bonds is 6. The molecule has 0 saturated heterocycles. The maximum atomic E-state index is 12.3. The Morgan fingerprint density at radius 2 is 2.04 bits per heavy atom. The summed E-state index contributed by atoms with van der Waals surface area (Å²) in [5.41, 5.74) is 5.32. The van der Waals surface area contributed by atoms with Gasteiger partial charge < -0.3 is 9.30 Å². The first-order valence-electron chi connectivity index (χ1n) is 8.05. The number of carbonyl (C=O) groups excluding carboxylic acids is 1.